The number of benzene rings is 1. The van der Waals surface area contributed by atoms with E-state index < -0.39 is 0 Å². The SMILES string of the molecule is CCC(C)c1cccc(O)c1OCCBr. The van der Waals surface area contributed by atoms with Crippen LogP contribution in [-0.2, 0) is 0 Å². The number of hydrogen-bond donors (Lipinski definition) is 1. The van der Waals surface area contributed by atoms with Crippen LogP contribution in [0.3, 0.4) is 0 Å². The molecular weight excluding hydrogens is 256 g/mol. The highest BCUT2D eigenvalue weighted by Gasteiger charge is 2.13. The van der Waals surface area contributed by atoms with Gasteiger partial charge < -0.3 is 9.84 Å². The molecule has 0 radical (unpaired) electrons. The Morgan fingerprint density at radius 1 is 1.47 bits per heavy atom. The molecule has 1 aromatic carbocycles. The summed E-state index contributed by atoms with van der Waals surface area (Å²) in [5, 5.41) is 10.5. The summed E-state index contributed by atoms with van der Waals surface area (Å²) in [7, 11) is 0. The molecule has 0 aliphatic heterocycles. The lowest BCUT2D eigenvalue weighted by Gasteiger charge is -2.16. The Hall–Kier alpha value is -0.700. The van der Waals surface area contributed by atoms with Gasteiger partial charge in [0.15, 0.2) is 11.5 Å². The maximum absolute atomic E-state index is 9.72. The summed E-state index contributed by atoms with van der Waals surface area (Å²) in [5.74, 6) is 1.27. The molecule has 0 saturated carbocycles. The Morgan fingerprint density at radius 2 is 2.20 bits per heavy atom. The van der Waals surface area contributed by atoms with Crippen molar-refractivity contribution in [2.24, 2.45) is 0 Å². The van der Waals surface area contributed by atoms with Gasteiger partial charge in [-0.1, -0.05) is 41.9 Å². The van der Waals surface area contributed by atoms with Crippen LogP contribution in [0.1, 0.15) is 31.7 Å². The molecule has 15 heavy (non-hydrogen) atoms. The minimum Gasteiger partial charge on any atom is -0.504 e. The van der Waals surface area contributed by atoms with Gasteiger partial charge in [-0.3, -0.25) is 0 Å². The highest BCUT2D eigenvalue weighted by Crippen LogP contribution is 2.35. The topological polar surface area (TPSA) is 29.5 Å². The maximum Gasteiger partial charge on any atom is 0.164 e. The molecule has 0 aromatic heterocycles. The van der Waals surface area contributed by atoms with Crippen LogP contribution < -0.4 is 4.74 Å². The van der Waals surface area contributed by atoms with E-state index in [-0.39, 0.29) is 5.75 Å². The number of aromatic hydroxyl groups is 1. The molecule has 2 nitrogen and oxygen atoms in total. The smallest absolute Gasteiger partial charge is 0.164 e. The summed E-state index contributed by atoms with van der Waals surface area (Å²) in [6, 6.07) is 5.53. The van der Waals surface area contributed by atoms with Gasteiger partial charge in [0, 0.05) is 10.9 Å². The molecule has 1 unspecified atom stereocenters. The molecule has 0 saturated heterocycles. The molecule has 0 aliphatic carbocycles. The van der Waals surface area contributed by atoms with Gasteiger partial charge in [0.1, 0.15) is 0 Å². The molecule has 84 valence electrons. The monoisotopic (exact) mass is 272 g/mol. The Kier molecular flexibility index (Phi) is 4.95. The van der Waals surface area contributed by atoms with Crippen molar-refractivity contribution in [3.8, 4) is 11.5 Å². The summed E-state index contributed by atoms with van der Waals surface area (Å²) in [6.07, 6.45) is 1.04. The van der Waals surface area contributed by atoms with E-state index in [1.54, 1.807) is 6.07 Å². The second-order valence-corrected chi connectivity index (χ2v) is 4.34. The van der Waals surface area contributed by atoms with Crippen molar-refractivity contribution < 1.29 is 9.84 Å². The quantitative estimate of drug-likeness (QED) is 0.829. The zero-order valence-electron chi connectivity index (χ0n) is 9.16. The lowest BCUT2D eigenvalue weighted by atomic mass is 9.97. The van der Waals surface area contributed by atoms with Crippen molar-refractivity contribution in [1.29, 1.82) is 0 Å². The second kappa shape index (κ2) is 6.01. The van der Waals surface area contributed by atoms with Crippen LogP contribution in [0, 0.1) is 0 Å². The van der Waals surface area contributed by atoms with Crippen molar-refractivity contribution in [3.05, 3.63) is 23.8 Å². The van der Waals surface area contributed by atoms with Crippen LogP contribution in [0.2, 0.25) is 0 Å². The van der Waals surface area contributed by atoms with E-state index in [2.05, 4.69) is 29.8 Å². The van der Waals surface area contributed by atoms with Crippen LogP contribution in [0.5, 0.6) is 11.5 Å². The van der Waals surface area contributed by atoms with Crippen LogP contribution >= 0.6 is 15.9 Å². The van der Waals surface area contributed by atoms with Crippen molar-refractivity contribution in [2.75, 3.05) is 11.9 Å². The van der Waals surface area contributed by atoms with Gasteiger partial charge in [0.2, 0.25) is 0 Å². The van der Waals surface area contributed by atoms with Crippen molar-refractivity contribution >= 4 is 15.9 Å². The average molecular weight is 273 g/mol. The number of hydrogen-bond acceptors (Lipinski definition) is 2. The van der Waals surface area contributed by atoms with Gasteiger partial charge in [0.25, 0.3) is 0 Å². The molecule has 0 spiro atoms. The van der Waals surface area contributed by atoms with E-state index >= 15 is 0 Å². The number of phenolic OH excluding ortho intramolecular Hbond substituents is 1. The number of para-hydroxylation sites is 1. The van der Waals surface area contributed by atoms with Crippen LogP contribution in [0.25, 0.3) is 0 Å². The van der Waals surface area contributed by atoms with Gasteiger partial charge in [-0.25, -0.2) is 0 Å². The molecule has 1 aromatic rings. The third-order valence-corrected chi connectivity index (χ3v) is 2.82. The number of rotatable bonds is 5. The first-order valence-electron chi connectivity index (χ1n) is 5.21. The van der Waals surface area contributed by atoms with Gasteiger partial charge in [-0.05, 0) is 18.4 Å². The van der Waals surface area contributed by atoms with E-state index in [0.717, 1.165) is 17.3 Å². The van der Waals surface area contributed by atoms with E-state index in [1.807, 2.05) is 12.1 Å². The molecule has 0 fully saturated rings. The minimum atomic E-state index is 0.230. The highest BCUT2D eigenvalue weighted by molar-refractivity contribution is 9.09. The average Bonchev–Trinajstić information content (AvgIpc) is 2.26. The number of ether oxygens (including phenoxy) is 1. The maximum atomic E-state index is 9.72. The van der Waals surface area contributed by atoms with Gasteiger partial charge in [-0.2, -0.15) is 0 Å². The Labute approximate surface area is 99.4 Å². The third kappa shape index (κ3) is 3.13. The first kappa shape index (κ1) is 12.4. The molecule has 1 N–H and O–H groups in total. The summed E-state index contributed by atoms with van der Waals surface area (Å²) >= 11 is 3.30. The fourth-order valence-corrected chi connectivity index (χ4v) is 1.61. The third-order valence-electron chi connectivity index (χ3n) is 2.49. The molecule has 0 heterocycles. The standard InChI is InChI=1S/C12H17BrO2/c1-3-9(2)10-5-4-6-11(14)12(10)15-8-7-13/h4-6,9,14H,3,7-8H2,1-2H3. The number of halogens is 1. The molecular formula is C12H17BrO2. The molecule has 1 atom stereocenters. The van der Waals surface area contributed by atoms with Crippen molar-refractivity contribution in [3.63, 3.8) is 0 Å². The van der Waals surface area contributed by atoms with Gasteiger partial charge in [-0.15, -0.1) is 0 Å². The highest BCUT2D eigenvalue weighted by atomic mass is 79.9. The summed E-state index contributed by atoms with van der Waals surface area (Å²) in [5.41, 5.74) is 1.08. The van der Waals surface area contributed by atoms with Crippen molar-refractivity contribution in [2.45, 2.75) is 26.2 Å². The van der Waals surface area contributed by atoms with E-state index in [4.69, 9.17) is 4.74 Å². The normalized spacial score (nSPS) is 12.5. The van der Waals surface area contributed by atoms with Crippen LogP contribution in [0.4, 0.5) is 0 Å². The predicted octanol–water partition coefficient (Wildman–Crippen LogP) is 3.68. The molecule has 0 aliphatic rings. The number of phenols is 1. The fraction of sp³-hybridized carbons (Fsp3) is 0.500. The zero-order valence-corrected chi connectivity index (χ0v) is 10.8. The predicted molar refractivity (Wildman–Crippen MR) is 66.1 cm³/mol. The van der Waals surface area contributed by atoms with Crippen molar-refractivity contribution in [1.82, 2.24) is 0 Å². The Balaban J connectivity index is 2.97. The lowest BCUT2D eigenvalue weighted by Crippen LogP contribution is -2.03. The first-order chi connectivity index (χ1) is 7.20. The van der Waals surface area contributed by atoms with E-state index in [1.165, 1.54) is 0 Å². The fourth-order valence-electron chi connectivity index (χ4n) is 1.45. The summed E-state index contributed by atoms with van der Waals surface area (Å²) in [6.45, 7) is 4.83. The molecule has 0 bridgehead atoms. The minimum absolute atomic E-state index is 0.230. The molecule has 1 rings (SSSR count). The molecule has 3 heteroatoms. The van der Waals surface area contributed by atoms with E-state index in [0.29, 0.717) is 18.3 Å². The zero-order chi connectivity index (χ0) is 11.3. The lowest BCUT2D eigenvalue weighted by molar-refractivity contribution is 0.316. The van der Waals surface area contributed by atoms with Crippen LogP contribution in [0.15, 0.2) is 18.2 Å². The van der Waals surface area contributed by atoms with Crippen LogP contribution in [-0.4, -0.2) is 17.0 Å². The summed E-state index contributed by atoms with van der Waals surface area (Å²) < 4.78 is 5.54. The van der Waals surface area contributed by atoms with Gasteiger partial charge in [0.05, 0.1) is 6.61 Å². The Bertz CT molecular complexity index is 312. The largest absolute Gasteiger partial charge is 0.504 e. The molecule has 0 amide bonds. The Morgan fingerprint density at radius 3 is 2.80 bits per heavy atom. The number of alkyl halides is 1. The summed E-state index contributed by atoms with van der Waals surface area (Å²) in [4.78, 5) is 0. The van der Waals surface area contributed by atoms with E-state index in [9.17, 15) is 5.11 Å². The second-order valence-electron chi connectivity index (χ2n) is 3.54. The van der Waals surface area contributed by atoms with Gasteiger partial charge >= 0.3 is 0 Å². The first-order valence-corrected chi connectivity index (χ1v) is 6.33.